The van der Waals surface area contributed by atoms with E-state index in [1.807, 2.05) is 6.92 Å². The highest BCUT2D eigenvalue weighted by Gasteiger charge is 2.43. The number of benzene rings is 1. The predicted octanol–water partition coefficient (Wildman–Crippen LogP) is 1.71. The quantitative estimate of drug-likeness (QED) is 0.804. The molecule has 0 saturated carbocycles. The van der Waals surface area contributed by atoms with Gasteiger partial charge in [0.05, 0.1) is 12.0 Å². The molecule has 1 spiro atoms. The maximum absolute atomic E-state index is 12.7. The number of ketones is 1. The molecule has 0 unspecified atom stereocenters. The maximum Gasteiger partial charge on any atom is 0.317 e. The monoisotopic (exact) mass is 357 g/mol. The normalized spacial score (nSPS) is 18.5. The maximum atomic E-state index is 12.7. The third-order valence-electron chi connectivity index (χ3n) is 4.84. The van der Waals surface area contributed by atoms with Crippen LogP contribution < -0.4 is 15.8 Å². The Morgan fingerprint density at radius 2 is 2.08 bits per heavy atom. The van der Waals surface area contributed by atoms with Crippen LogP contribution in [0.1, 0.15) is 42.1 Å². The second kappa shape index (κ2) is 7.19. The molecule has 1 fully saturated rings. The van der Waals surface area contributed by atoms with Gasteiger partial charge in [0.15, 0.2) is 5.78 Å². The number of ether oxygens (including phenoxy) is 1. The number of fused-ring (bicyclic) bond motifs is 1. The van der Waals surface area contributed by atoms with Crippen LogP contribution in [0, 0.1) is 0 Å². The number of piperidine rings is 1. The van der Waals surface area contributed by atoms with Gasteiger partial charge >= 0.3 is 6.03 Å². The van der Waals surface area contributed by atoms with Crippen LogP contribution in [0.2, 0.25) is 0 Å². The van der Waals surface area contributed by atoms with Crippen LogP contribution in [0.15, 0.2) is 24.3 Å². The minimum absolute atomic E-state index is 0.0204. The fourth-order valence-electron chi connectivity index (χ4n) is 3.45. The van der Waals surface area contributed by atoms with Crippen LogP contribution in [0.3, 0.4) is 0 Å². The zero-order valence-electron chi connectivity index (χ0n) is 14.8. The first-order valence-electron chi connectivity index (χ1n) is 8.79. The lowest BCUT2D eigenvalue weighted by Crippen LogP contribution is -2.54. The van der Waals surface area contributed by atoms with E-state index >= 15 is 0 Å². The zero-order valence-corrected chi connectivity index (χ0v) is 14.8. The molecule has 1 saturated heterocycles. The Kier molecular flexibility index (Phi) is 4.97. The molecular weight excluding hydrogens is 334 g/mol. The number of primary amides is 1. The molecule has 3 N–H and O–H groups in total. The Bertz CT molecular complexity index is 764. The van der Waals surface area contributed by atoms with E-state index < -0.39 is 11.5 Å². The molecule has 1 aromatic rings. The summed E-state index contributed by atoms with van der Waals surface area (Å²) in [6.07, 6.45) is 4.38. The van der Waals surface area contributed by atoms with Crippen LogP contribution in [0.25, 0.3) is 6.08 Å². The highest BCUT2D eigenvalue weighted by molar-refractivity contribution is 6.01. The van der Waals surface area contributed by atoms with Crippen molar-refractivity contribution in [2.45, 2.75) is 31.8 Å². The van der Waals surface area contributed by atoms with Crippen molar-refractivity contribution < 1.29 is 19.1 Å². The standard InChI is InChI=1S/C19H23N3O4/c1-2-21-18(25)22-9-7-19(8-10-22)12-15(23)14-11-13(4-6-17(20)24)3-5-16(14)26-19/h3-6,11H,2,7-10,12H2,1H3,(H2,20,24)(H,21,25)/b6-4+. The lowest BCUT2D eigenvalue weighted by Gasteiger charge is -2.43. The molecular formula is C19H23N3O4. The molecule has 2 heterocycles. The van der Waals surface area contributed by atoms with Gasteiger partial charge in [0.1, 0.15) is 11.4 Å². The van der Waals surface area contributed by atoms with Crippen LogP contribution in [-0.4, -0.2) is 47.9 Å². The fourth-order valence-corrected chi connectivity index (χ4v) is 3.45. The Morgan fingerprint density at radius 1 is 1.35 bits per heavy atom. The highest BCUT2D eigenvalue weighted by atomic mass is 16.5. The molecule has 0 bridgehead atoms. The molecule has 3 rings (SSSR count). The number of nitrogens with zero attached hydrogens (tertiary/aromatic N) is 1. The average molecular weight is 357 g/mol. The summed E-state index contributed by atoms with van der Waals surface area (Å²) in [4.78, 5) is 37.2. The number of hydrogen-bond acceptors (Lipinski definition) is 4. The van der Waals surface area contributed by atoms with Gasteiger partial charge in [-0.15, -0.1) is 0 Å². The molecule has 26 heavy (non-hydrogen) atoms. The Balaban J connectivity index is 1.73. The van der Waals surface area contributed by atoms with Gasteiger partial charge in [0.2, 0.25) is 5.91 Å². The first-order valence-corrected chi connectivity index (χ1v) is 8.79. The average Bonchev–Trinajstić information content (AvgIpc) is 2.61. The number of likely N-dealkylation sites (tertiary alicyclic amines) is 1. The van der Waals surface area contributed by atoms with Gasteiger partial charge < -0.3 is 20.7 Å². The van der Waals surface area contributed by atoms with Crippen molar-refractivity contribution in [3.63, 3.8) is 0 Å². The minimum atomic E-state index is -0.544. The molecule has 7 heteroatoms. The summed E-state index contributed by atoms with van der Waals surface area (Å²) in [5.41, 5.74) is 5.80. The summed E-state index contributed by atoms with van der Waals surface area (Å²) in [6.45, 7) is 3.60. The molecule has 138 valence electrons. The number of amides is 3. The molecule has 0 aromatic heterocycles. The second-order valence-corrected chi connectivity index (χ2v) is 6.70. The molecule has 3 amide bonds. The number of rotatable bonds is 3. The van der Waals surface area contributed by atoms with Crippen LogP contribution in [0.5, 0.6) is 5.75 Å². The van der Waals surface area contributed by atoms with Gasteiger partial charge in [0.25, 0.3) is 0 Å². The van der Waals surface area contributed by atoms with E-state index in [4.69, 9.17) is 10.5 Å². The van der Waals surface area contributed by atoms with Crippen molar-refractivity contribution in [2.24, 2.45) is 5.73 Å². The van der Waals surface area contributed by atoms with E-state index in [0.29, 0.717) is 50.2 Å². The molecule has 1 aromatic carbocycles. The predicted molar refractivity (Wildman–Crippen MR) is 96.9 cm³/mol. The molecule has 0 atom stereocenters. The third-order valence-corrected chi connectivity index (χ3v) is 4.84. The Labute approximate surface area is 152 Å². The van der Waals surface area contributed by atoms with Crippen molar-refractivity contribution in [2.75, 3.05) is 19.6 Å². The van der Waals surface area contributed by atoms with E-state index in [9.17, 15) is 14.4 Å². The second-order valence-electron chi connectivity index (χ2n) is 6.70. The number of Topliss-reactive ketones (excluding diaryl/α,β-unsaturated/α-hetero) is 1. The Hall–Kier alpha value is -2.83. The van der Waals surface area contributed by atoms with Gasteiger partial charge in [-0.25, -0.2) is 4.79 Å². The Morgan fingerprint density at radius 3 is 2.73 bits per heavy atom. The summed E-state index contributed by atoms with van der Waals surface area (Å²) in [7, 11) is 0. The number of carbonyl (C=O) groups is 3. The summed E-state index contributed by atoms with van der Waals surface area (Å²) in [6, 6.07) is 5.18. The van der Waals surface area contributed by atoms with Crippen LogP contribution in [0.4, 0.5) is 4.79 Å². The van der Waals surface area contributed by atoms with Gasteiger partial charge in [-0.2, -0.15) is 0 Å². The van der Waals surface area contributed by atoms with E-state index in [0.717, 1.165) is 5.56 Å². The molecule has 2 aliphatic rings. The van der Waals surface area contributed by atoms with Gasteiger partial charge in [0, 0.05) is 38.6 Å². The van der Waals surface area contributed by atoms with Crippen molar-refractivity contribution >= 4 is 23.8 Å². The fraction of sp³-hybridized carbons (Fsp3) is 0.421. The van der Waals surface area contributed by atoms with E-state index in [1.165, 1.54) is 6.08 Å². The van der Waals surface area contributed by atoms with Gasteiger partial charge in [-0.05, 0) is 30.7 Å². The summed E-state index contributed by atoms with van der Waals surface area (Å²) in [5.74, 6) is 0.0408. The van der Waals surface area contributed by atoms with Crippen LogP contribution >= 0.6 is 0 Å². The van der Waals surface area contributed by atoms with Crippen LogP contribution in [-0.2, 0) is 4.79 Å². The summed E-state index contributed by atoms with van der Waals surface area (Å²) < 4.78 is 6.20. The number of urea groups is 1. The highest BCUT2D eigenvalue weighted by Crippen LogP contribution is 2.39. The number of carbonyl (C=O) groups excluding carboxylic acids is 3. The smallest absolute Gasteiger partial charge is 0.317 e. The minimum Gasteiger partial charge on any atom is -0.486 e. The molecule has 2 aliphatic heterocycles. The topological polar surface area (TPSA) is 102 Å². The molecule has 7 nitrogen and oxygen atoms in total. The zero-order chi connectivity index (χ0) is 18.7. The number of nitrogens with one attached hydrogen (secondary N) is 1. The van der Waals surface area contributed by atoms with E-state index in [1.54, 1.807) is 29.2 Å². The SMILES string of the molecule is CCNC(=O)N1CCC2(CC1)CC(=O)c1cc(/C=C/C(N)=O)ccc1O2. The van der Waals surface area contributed by atoms with Crippen molar-refractivity contribution in [1.82, 2.24) is 10.2 Å². The molecule has 0 radical (unpaired) electrons. The largest absolute Gasteiger partial charge is 0.486 e. The third kappa shape index (κ3) is 3.71. The lowest BCUT2D eigenvalue weighted by molar-refractivity contribution is -0.113. The van der Waals surface area contributed by atoms with Crippen molar-refractivity contribution in [1.29, 1.82) is 0 Å². The first kappa shape index (κ1) is 18.0. The lowest BCUT2D eigenvalue weighted by atomic mass is 9.82. The first-order chi connectivity index (χ1) is 12.4. The van der Waals surface area contributed by atoms with Crippen molar-refractivity contribution in [3.05, 3.63) is 35.4 Å². The summed E-state index contributed by atoms with van der Waals surface area (Å²) in [5, 5.41) is 2.80. The van der Waals surface area contributed by atoms with E-state index in [-0.39, 0.29) is 11.8 Å². The van der Waals surface area contributed by atoms with E-state index in [2.05, 4.69) is 5.32 Å². The number of hydrogen-bond donors (Lipinski definition) is 2. The van der Waals surface area contributed by atoms with Crippen molar-refractivity contribution in [3.8, 4) is 5.75 Å². The van der Waals surface area contributed by atoms with Gasteiger partial charge in [-0.3, -0.25) is 9.59 Å². The van der Waals surface area contributed by atoms with Gasteiger partial charge in [-0.1, -0.05) is 6.07 Å². The molecule has 0 aliphatic carbocycles. The number of nitrogens with two attached hydrogens (primary N) is 1. The summed E-state index contributed by atoms with van der Waals surface area (Å²) >= 11 is 0.